The van der Waals surface area contributed by atoms with Crippen molar-refractivity contribution >= 4 is 70.4 Å². The van der Waals surface area contributed by atoms with Crippen molar-refractivity contribution in [3.8, 4) is 0 Å². The first-order valence-electron chi connectivity index (χ1n) is 6.57. The first kappa shape index (κ1) is 101. The van der Waals surface area contributed by atoms with Gasteiger partial charge in [-0.05, 0) is 0 Å². The van der Waals surface area contributed by atoms with Gasteiger partial charge in [-0.1, -0.05) is 0 Å². The third-order valence-corrected chi connectivity index (χ3v) is 0. The zero-order valence-corrected chi connectivity index (χ0v) is 41.2. The topological polar surface area (TPSA) is 776 Å². The van der Waals surface area contributed by atoms with E-state index < -0.39 is 70.4 Å². The summed E-state index contributed by atoms with van der Waals surface area (Å²) in [6, 6.07) is 0. The van der Waals surface area contributed by atoms with E-state index in [1.165, 1.54) is 0 Å². The fourth-order valence-electron chi connectivity index (χ4n) is 0. The average Bonchev–Trinajstić information content (AvgIpc) is 2.26. The van der Waals surface area contributed by atoms with E-state index in [0.29, 0.717) is 0 Å². The SMILES string of the molecule is O=P([O-])([O-])[O-].O=P([O-])([O-])[O-].O=P([O-])([O-])[O-].O=P([O-])([O-])[O-].O=P([O-])([O-])[O-].O=P([O-])([O-])[O-].O=P([O-])([O-])[O-].O=P([O-])([O-])[O-].O=P([O-])([O-])[O-].[V+5].[V+5].[V+5].[Zr+4].[Zr+4].[Zr+4]. The monoisotopic (exact) mass is 1280 g/mol. The molecule has 0 heterocycles. The van der Waals surface area contributed by atoms with E-state index in [9.17, 15) is 0 Å². The van der Waals surface area contributed by atoms with Crippen molar-refractivity contribution in [2.75, 3.05) is 0 Å². The number of rotatable bonds is 0. The van der Waals surface area contributed by atoms with Crippen LogP contribution in [0, 0.1) is 0 Å². The van der Waals surface area contributed by atoms with E-state index in [4.69, 9.17) is 173 Å². The second-order valence-electron chi connectivity index (χ2n) is 4.02. The van der Waals surface area contributed by atoms with Gasteiger partial charge in [0, 0.05) is 0 Å². The number of hydrogen-bond acceptors (Lipinski definition) is 36. The summed E-state index contributed by atoms with van der Waals surface area (Å²) in [6.45, 7) is 0. The fourth-order valence-corrected chi connectivity index (χ4v) is 0. The van der Waals surface area contributed by atoms with Crippen molar-refractivity contribution in [2.45, 2.75) is 0 Å². The van der Waals surface area contributed by atoms with Gasteiger partial charge in [-0.2, -0.15) is 70.4 Å². The molecule has 51 heteroatoms. The minimum Gasteiger partial charge on any atom is -0.822 e. The Balaban J connectivity index is -0.0000000217. The van der Waals surface area contributed by atoms with E-state index >= 15 is 0 Å². The van der Waals surface area contributed by atoms with Crippen molar-refractivity contribution in [2.24, 2.45) is 0 Å². The van der Waals surface area contributed by atoms with Gasteiger partial charge >= 0.3 is 134 Å². The van der Waals surface area contributed by atoms with E-state index in [1.54, 1.807) is 0 Å². The molecule has 0 bridgehead atoms. The van der Waals surface area contributed by atoms with Gasteiger partial charge in [-0.25, -0.2) is 0 Å². The largest absolute Gasteiger partial charge is 5.00 e. The van der Waals surface area contributed by atoms with Crippen LogP contribution >= 0.6 is 70.4 Å². The molecule has 0 fully saturated rings. The number of phosphoric acid groups is 9. The van der Waals surface area contributed by atoms with Crippen molar-refractivity contribution in [1.82, 2.24) is 0 Å². The Morgan fingerprint density at radius 2 is 0.157 bits per heavy atom. The Bertz CT molecular complexity index is 766. The van der Waals surface area contributed by atoms with Crippen LogP contribution in [0.3, 0.4) is 0 Å². The van der Waals surface area contributed by atoms with Gasteiger partial charge in [0.1, 0.15) is 0 Å². The van der Waals surface area contributed by atoms with Gasteiger partial charge in [0.15, 0.2) is 0 Å². The Morgan fingerprint density at radius 1 is 0.157 bits per heavy atom. The smallest absolute Gasteiger partial charge is 0.822 e. The molecule has 51 heavy (non-hydrogen) atoms. The molecular weight excluding hydrogens is 1280 g/mol. The quantitative estimate of drug-likeness (QED) is 0.203. The molecule has 0 aromatic rings. The molecule has 0 aliphatic carbocycles. The maximum atomic E-state index is 8.55. The molecule has 0 atom stereocenters. The molecule has 0 saturated carbocycles. The third kappa shape index (κ3) is 5430. The zero-order chi connectivity index (χ0) is 40.5. The molecular formula is O36P9V3Zr3. The van der Waals surface area contributed by atoms with Crippen molar-refractivity contribution in [3.05, 3.63) is 0 Å². The maximum Gasteiger partial charge on any atom is 5.00 e. The molecule has 0 aromatic heterocycles. The van der Waals surface area contributed by atoms with Gasteiger partial charge in [0.2, 0.25) is 0 Å². The van der Waals surface area contributed by atoms with E-state index in [2.05, 4.69) is 0 Å². The molecule has 0 radical (unpaired) electrons. The van der Waals surface area contributed by atoms with Crippen LogP contribution in [-0.2, 0) is 175 Å². The molecule has 0 unspecified atom stereocenters. The molecule has 0 aromatic carbocycles. The Labute approximate surface area is 374 Å². The minimum absolute atomic E-state index is 0. The molecule has 0 amide bonds. The number of hydrogen-bond donors (Lipinski definition) is 0. The third-order valence-electron chi connectivity index (χ3n) is 0. The maximum absolute atomic E-state index is 8.55. The van der Waals surface area contributed by atoms with Crippen molar-refractivity contribution < 1.29 is 307 Å². The first-order chi connectivity index (χ1) is 18.0. The average molecular weight is 1280 g/mol. The van der Waals surface area contributed by atoms with Crippen LogP contribution in [0.4, 0.5) is 0 Å². The summed E-state index contributed by atoms with van der Waals surface area (Å²) < 4.78 is 76.9. The summed E-state index contributed by atoms with van der Waals surface area (Å²) in [6.07, 6.45) is 0. The normalized spacial score (nSPS) is 10.4. The standard InChI is InChI=1S/9H3O4P.3V.3Zr/c9*1-5(2,3)4;;;;;;/h9*(H3,1,2,3,4);;;;;;/q;;;;;;;;;3*+5;3*+4/p-27. The van der Waals surface area contributed by atoms with Crippen LogP contribution in [0.25, 0.3) is 0 Å². The summed E-state index contributed by atoms with van der Waals surface area (Å²) in [4.78, 5) is 231. The molecule has 36 nitrogen and oxygen atoms in total. The summed E-state index contributed by atoms with van der Waals surface area (Å²) >= 11 is 0. The fraction of sp³-hybridized carbons (Fsp3) is 0. The second kappa shape index (κ2) is 46.5. The van der Waals surface area contributed by atoms with Gasteiger partial charge in [-0.3, -0.25) is 0 Å². The first-order valence-corrected chi connectivity index (χ1v) is 19.7. The summed E-state index contributed by atoms with van der Waals surface area (Å²) in [5, 5.41) is 0. The van der Waals surface area contributed by atoms with Crippen LogP contribution in [-0.4, -0.2) is 0 Å². The van der Waals surface area contributed by atoms with Crippen LogP contribution in [0.2, 0.25) is 0 Å². The molecule has 0 aliphatic rings. The summed E-state index contributed by atoms with van der Waals surface area (Å²) in [7, 11) is -48.5. The van der Waals surface area contributed by atoms with Crippen molar-refractivity contribution in [3.63, 3.8) is 0 Å². The van der Waals surface area contributed by atoms with Gasteiger partial charge < -0.3 is 173 Å². The van der Waals surface area contributed by atoms with Gasteiger partial charge in [0.25, 0.3) is 0 Å². The van der Waals surface area contributed by atoms with Crippen LogP contribution in [0.15, 0.2) is 0 Å². The molecule has 0 rings (SSSR count). The Hall–Kier alpha value is 5.39. The van der Waals surface area contributed by atoms with Gasteiger partial charge in [-0.15, -0.1) is 0 Å². The summed E-state index contributed by atoms with van der Waals surface area (Å²) in [5.74, 6) is 0. The Morgan fingerprint density at radius 3 is 0.157 bits per heavy atom. The van der Waals surface area contributed by atoms with Crippen LogP contribution in [0.5, 0.6) is 0 Å². The van der Waals surface area contributed by atoms with E-state index in [0.717, 1.165) is 0 Å². The molecule has 0 aliphatic heterocycles. The van der Waals surface area contributed by atoms with Crippen LogP contribution < -0.4 is 132 Å². The summed E-state index contributed by atoms with van der Waals surface area (Å²) in [5.41, 5.74) is 0. The van der Waals surface area contributed by atoms with E-state index in [-0.39, 0.29) is 134 Å². The van der Waals surface area contributed by atoms with Gasteiger partial charge in [0.05, 0.1) is 0 Å². The molecule has 0 saturated heterocycles. The zero-order valence-electron chi connectivity index (χ0n) is 21.6. The molecule has 288 valence electrons. The predicted molar refractivity (Wildman–Crippen MR) is 68.5 cm³/mol. The molecule has 0 N–H and O–H groups in total. The van der Waals surface area contributed by atoms with Crippen LogP contribution in [0.1, 0.15) is 0 Å². The predicted octanol–water partition coefficient (Wildman–Crippen LogP) is -25.4. The van der Waals surface area contributed by atoms with Crippen molar-refractivity contribution in [1.29, 1.82) is 0 Å². The van der Waals surface area contributed by atoms with E-state index in [1.807, 2.05) is 0 Å². The molecule has 0 spiro atoms. The minimum atomic E-state index is -5.39. The Kier molecular flexibility index (Phi) is 92.0. The second-order valence-corrected chi connectivity index (χ2v) is 12.1.